The van der Waals surface area contributed by atoms with Crippen LogP contribution in [0.5, 0.6) is 5.75 Å². The number of ether oxygens (including phenoxy) is 2. The normalized spacial score (nSPS) is 22.3. The van der Waals surface area contributed by atoms with Crippen LogP contribution in [0.15, 0.2) is 48.5 Å². The maximum absolute atomic E-state index is 14.8. The number of carbonyl (C=O) groups excluding carboxylic acids is 1. The Hall–Kier alpha value is -3.03. The highest BCUT2D eigenvalue weighted by Gasteiger charge is 2.61. The Labute approximate surface area is 257 Å². The fourth-order valence-electron chi connectivity index (χ4n) is 6.03. The molecular weight excluding hydrogens is 694 g/mol. The summed E-state index contributed by atoms with van der Waals surface area (Å²) in [6, 6.07) is 8.40. The molecule has 3 atom stereocenters. The lowest BCUT2D eigenvalue weighted by Crippen LogP contribution is -2.38. The predicted molar refractivity (Wildman–Crippen MR) is 153 cm³/mol. The highest BCUT2D eigenvalue weighted by molar-refractivity contribution is 14.1. The van der Waals surface area contributed by atoms with Crippen LogP contribution in [0.25, 0.3) is 11.1 Å². The summed E-state index contributed by atoms with van der Waals surface area (Å²) >= 11 is 1.97. The molecule has 1 amide bonds. The first-order chi connectivity index (χ1) is 20.0. The average molecular weight is 721 g/mol. The maximum atomic E-state index is 14.8. The summed E-state index contributed by atoms with van der Waals surface area (Å²) in [6.07, 6.45) is -10.8. The Morgan fingerprint density at radius 2 is 1.65 bits per heavy atom. The Balaban J connectivity index is 1.66. The lowest BCUT2D eigenvalue weighted by atomic mass is 9.89. The molecule has 3 aromatic rings. The third kappa shape index (κ3) is 5.55. The summed E-state index contributed by atoms with van der Waals surface area (Å²) in [5, 5.41) is 0. The van der Waals surface area contributed by atoms with Crippen molar-refractivity contribution in [2.75, 3.05) is 7.11 Å². The van der Waals surface area contributed by atoms with Crippen LogP contribution in [-0.2, 0) is 17.1 Å². The van der Waals surface area contributed by atoms with Gasteiger partial charge in [-0.05, 0) is 78.3 Å². The summed E-state index contributed by atoms with van der Waals surface area (Å²) in [6.45, 7) is 5.06. The molecule has 2 aliphatic rings. The molecule has 0 aromatic heterocycles. The third-order valence-electron chi connectivity index (χ3n) is 8.00. The minimum atomic E-state index is -4.70. The number of hydrogen-bond donors (Lipinski definition) is 0. The molecule has 2 fully saturated rings. The lowest BCUT2D eigenvalue weighted by molar-refractivity contribution is -0.138. The first-order valence-electron chi connectivity index (χ1n) is 13.4. The second-order valence-corrected chi connectivity index (χ2v) is 13.0. The highest BCUT2D eigenvalue weighted by Crippen LogP contribution is 2.59. The van der Waals surface area contributed by atoms with E-state index in [1.54, 1.807) is 13.8 Å². The topological polar surface area (TPSA) is 38.8 Å². The molecular formula is C31H27F7INO3. The van der Waals surface area contributed by atoms with Gasteiger partial charge in [-0.2, -0.15) is 26.3 Å². The molecule has 43 heavy (non-hydrogen) atoms. The van der Waals surface area contributed by atoms with E-state index in [1.807, 2.05) is 22.6 Å². The van der Waals surface area contributed by atoms with E-state index in [9.17, 15) is 35.5 Å². The Morgan fingerprint density at radius 1 is 0.977 bits per heavy atom. The van der Waals surface area contributed by atoms with E-state index in [0.717, 1.165) is 24.3 Å². The zero-order valence-corrected chi connectivity index (χ0v) is 25.6. The molecule has 5 rings (SSSR count). The molecule has 2 saturated heterocycles. The van der Waals surface area contributed by atoms with Crippen LogP contribution < -0.4 is 4.74 Å². The number of aryl methyl sites for hydroxylation is 1. The predicted octanol–water partition coefficient (Wildman–Crippen LogP) is 10.1. The van der Waals surface area contributed by atoms with Crippen LogP contribution in [0.1, 0.15) is 78.1 Å². The van der Waals surface area contributed by atoms with E-state index in [1.165, 1.54) is 43.2 Å². The fourth-order valence-corrected chi connectivity index (χ4v) is 7.36. The van der Waals surface area contributed by atoms with E-state index >= 15 is 0 Å². The number of methoxy groups -OCH3 is 1. The molecule has 0 saturated carbocycles. The van der Waals surface area contributed by atoms with E-state index < -0.39 is 51.1 Å². The number of rotatable bonds is 5. The number of alkyl halides is 7. The summed E-state index contributed by atoms with van der Waals surface area (Å²) in [4.78, 5) is 14.7. The van der Waals surface area contributed by atoms with Crippen LogP contribution in [0.2, 0.25) is 0 Å². The van der Waals surface area contributed by atoms with Crippen molar-refractivity contribution in [2.45, 2.75) is 67.6 Å². The van der Waals surface area contributed by atoms with E-state index in [2.05, 4.69) is 0 Å². The van der Waals surface area contributed by atoms with Crippen LogP contribution in [0.4, 0.5) is 35.5 Å². The fraction of sp³-hybridized carbons (Fsp3) is 0.387. The van der Waals surface area contributed by atoms with Gasteiger partial charge in [-0.15, -0.1) is 0 Å². The average Bonchev–Trinajstić information content (AvgIpc) is 3.39. The number of halogens is 8. The second-order valence-electron chi connectivity index (χ2n) is 11.2. The summed E-state index contributed by atoms with van der Waals surface area (Å²) in [7, 11) is 1.32. The van der Waals surface area contributed by atoms with Crippen molar-refractivity contribution in [3.8, 4) is 16.9 Å². The van der Waals surface area contributed by atoms with Crippen molar-refractivity contribution in [3.63, 3.8) is 0 Å². The molecule has 0 spiro atoms. The maximum Gasteiger partial charge on any atom is 0.416 e. The largest absolute Gasteiger partial charge is 0.496 e. The molecule has 0 radical (unpaired) electrons. The molecule has 0 unspecified atom stereocenters. The number of benzene rings is 3. The molecule has 2 aliphatic heterocycles. The van der Waals surface area contributed by atoms with Gasteiger partial charge in [0.1, 0.15) is 15.1 Å². The van der Waals surface area contributed by atoms with Crippen molar-refractivity contribution < 1.29 is 45.0 Å². The molecule has 0 N–H and O–H groups in total. The number of fused-ring (bicyclic) bond motifs is 1. The molecule has 0 aliphatic carbocycles. The van der Waals surface area contributed by atoms with Crippen LogP contribution in [0.3, 0.4) is 0 Å². The number of hydrogen-bond acceptors (Lipinski definition) is 3. The van der Waals surface area contributed by atoms with Gasteiger partial charge >= 0.3 is 18.4 Å². The molecule has 230 valence electrons. The molecule has 4 nitrogen and oxygen atoms in total. The quantitative estimate of drug-likeness (QED) is 0.114. The standard InChI is InChI=1S/C31H27F7INO3/c1-15(2)21-13-23(26(42-4)14-24(21)32)20-6-5-18(30(33,34)35)12-22(20)25-7-8-29(39)27(43-28(41)40(25)29)17-9-16(3)10-19(11-17)31(36,37)38/h5-6,9-15,25,27H,7-8H2,1-4H3/t25-,27+,29-/m0/s1. The van der Waals surface area contributed by atoms with Gasteiger partial charge in [-0.1, -0.05) is 54.1 Å². The SMILES string of the molecule is COc1cc(F)c(C(C)C)cc1-c1ccc(C(F)(F)F)cc1[C@@H]1CC[C@@]2(I)[C@@H](c3cc(C)cc(C(F)(F)F)c3)OC(=O)N12. The van der Waals surface area contributed by atoms with Gasteiger partial charge in [0.05, 0.1) is 24.3 Å². The Kier molecular flexibility index (Phi) is 7.92. The molecule has 2 heterocycles. The number of nitrogens with zero attached hydrogens (tertiary/aromatic N) is 1. The van der Waals surface area contributed by atoms with Crippen molar-refractivity contribution in [3.05, 3.63) is 87.7 Å². The summed E-state index contributed by atoms with van der Waals surface area (Å²) in [5.41, 5.74) is -0.245. The van der Waals surface area contributed by atoms with Gasteiger partial charge in [0.15, 0.2) is 6.10 Å². The second kappa shape index (κ2) is 10.8. The zero-order chi connectivity index (χ0) is 31.6. The smallest absolute Gasteiger partial charge is 0.416 e. The van der Waals surface area contributed by atoms with Gasteiger partial charge in [0, 0.05) is 11.6 Å². The molecule has 3 aromatic carbocycles. The van der Waals surface area contributed by atoms with Crippen molar-refractivity contribution in [1.82, 2.24) is 4.90 Å². The van der Waals surface area contributed by atoms with Gasteiger partial charge in [0.2, 0.25) is 0 Å². The van der Waals surface area contributed by atoms with Gasteiger partial charge < -0.3 is 9.47 Å². The molecule has 0 bridgehead atoms. The van der Waals surface area contributed by atoms with Gasteiger partial charge in [-0.25, -0.2) is 9.18 Å². The number of cyclic esters (lactones) is 1. The lowest BCUT2D eigenvalue weighted by Gasteiger charge is -2.31. The first-order valence-corrected chi connectivity index (χ1v) is 14.5. The highest BCUT2D eigenvalue weighted by atomic mass is 127. The van der Waals surface area contributed by atoms with Gasteiger partial charge in [-0.3, -0.25) is 4.90 Å². The van der Waals surface area contributed by atoms with E-state index in [4.69, 9.17) is 9.47 Å². The van der Waals surface area contributed by atoms with Crippen molar-refractivity contribution in [2.24, 2.45) is 0 Å². The van der Waals surface area contributed by atoms with Crippen LogP contribution in [-0.4, -0.2) is 21.6 Å². The number of amides is 1. The first kappa shape index (κ1) is 31.4. The summed E-state index contributed by atoms with van der Waals surface area (Å²) in [5.74, 6) is -0.678. The van der Waals surface area contributed by atoms with Crippen molar-refractivity contribution >= 4 is 28.7 Å². The van der Waals surface area contributed by atoms with Crippen LogP contribution in [0, 0.1) is 12.7 Å². The monoisotopic (exact) mass is 721 g/mol. The Bertz CT molecular complexity index is 1590. The van der Waals surface area contributed by atoms with E-state index in [0.29, 0.717) is 22.3 Å². The van der Waals surface area contributed by atoms with Crippen LogP contribution >= 0.6 is 22.6 Å². The minimum Gasteiger partial charge on any atom is -0.496 e. The summed E-state index contributed by atoms with van der Waals surface area (Å²) < 4.78 is 107. The number of carbonyl (C=O) groups is 1. The zero-order valence-electron chi connectivity index (χ0n) is 23.5. The minimum absolute atomic E-state index is 0.1000. The third-order valence-corrected chi connectivity index (χ3v) is 9.62. The van der Waals surface area contributed by atoms with Crippen molar-refractivity contribution in [1.29, 1.82) is 0 Å². The van der Waals surface area contributed by atoms with Gasteiger partial charge in [0.25, 0.3) is 0 Å². The van der Waals surface area contributed by atoms with E-state index in [-0.39, 0.29) is 35.6 Å². The molecule has 12 heteroatoms. The Morgan fingerprint density at radius 3 is 2.26 bits per heavy atom.